The summed E-state index contributed by atoms with van der Waals surface area (Å²) < 4.78 is 19.2. The highest BCUT2D eigenvalue weighted by molar-refractivity contribution is 7.25. The summed E-state index contributed by atoms with van der Waals surface area (Å²) in [5, 5.41) is 40.0. The number of benzene rings is 22. The van der Waals surface area contributed by atoms with E-state index in [1.54, 1.807) is 0 Å². The van der Waals surface area contributed by atoms with Crippen LogP contribution in [-0.2, 0) is 5.41 Å². The summed E-state index contributed by atoms with van der Waals surface area (Å²) in [5.74, 6) is 0. The fraction of sp³-hybridized carbons (Fsp3) is 0.0217. The predicted octanol–water partition coefficient (Wildman–Crippen LogP) is 36.7. The van der Waals surface area contributed by atoms with Gasteiger partial charge in [0.2, 0.25) is 5.69 Å². The molecule has 1 aliphatic carbocycles. The zero-order chi connectivity index (χ0) is 99.0. The highest BCUT2D eigenvalue weighted by Crippen LogP contribution is 2.56. The Kier molecular flexibility index (Phi) is 19.5. The van der Waals surface area contributed by atoms with Crippen LogP contribution in [0.3, 0.4) is 0 Å². The number of rotatable bonds is 10. The minimum atomic E-state index is -0.0847. The zero-order valence-electron chi connectivity index (χ0n) is 81.1. The smallest absolute Gasteiger partial charge is 0.211 e. The molecular formula is C138H86N10S. The Morgan fingerprint density at radius 3 is 1.13 bits per heavy atom. The molecule has 31 rings (SSSR count). The molecule has 1 aliphatic rings. The quantitative estimate of drug-likeness (QED) is 0.128. The molecule has 0 aliphatic heterocycles. The van der Waals surface area contributed by atoms with Crippen molar-refractivity contribution in [1.82, 2.24) is 32.0 Å². The maximum atomic E-state index is 10.3. The first kappa shape index (κ1) is 85.9. The van der Waals surface area contributed by atoms with Gasteiger partial charge in [0, 0.05) is 134 Å². The molecule has 149 heavy (non-hydrogen) atoms. The van der Waals surface area contributed by atoms with Gasteiger partial charge in [0.25, 0.3) is 0 Å². The van der Waals surface area contributed by atoms with Crippen LogP contribution in [0.2, 0.25) is 0 Å². The standard InChI is InChI=1S/C49H30N4.C46H31N3.C43H25N3S/c50-31-32-26-28-46(40(30-32)37-19-7-12-24-44(37)52-42-22-10-4-16-34(42)35-17-5-11-23-43(35)52)53-45-25-13-8-20-39(45)48-47(53)29-27-38-36-18-6-9-21-41(36)51(49(38)48)33-14-2-1-3-15-33;1-46(2)35-21-9-4-18-33(35)43-36(46)27-28-42-44(43)34-19-8-13-26-41(34)48(42)38-23-10-7-17-31(38)32-20-14-22-37(47-3)45(32)49-39-24-11-5-15-29(39)30-16-6-12-25-40(30)49;44-26-27-21-22-32(30-13-3-8-18-38(30)45-36-16-6-1-11-28(36)29-12-2-7-17-37(29)45)40(23-27)46-39-19-9-4-14-31(39)34-25-43-35(24-41(34)46)33-15-5-10-20-42(33)47-43/h1-30H;4-28H,1-2H3;1-25H. The van der Waals surface area contributed by atoms with E-state index in [4.69, 9.17) is 6.57 Å². The zero-order valence-corrected chi connectivity index (χ0v) is 81.9. The van der Waals surface area contributed by atoms with E-state index >= 15 is 0 Å². The largest absolute Gasteiger partial charge is 0.318 e. The Morgan fingerprint density at radius 2 is 0.597 bits per heavy atom. The van der Waals surface area contributed by atoms with E-state index in [-0.39, 0.29) is 5.41 Å². The topological polar surface area (TPSA) is 86.4 Å². The Balaban J connectivity index is 0.000000105. The van der Waals surface area contributed by atoms with Crippen LogP contribution in [0.25, 0.3) is 262 Å². The maximum absolute atomic E-state index is 10.3. The number of aromatic nitrogens is 7. The number of thiophene rings is 1. The summed E-state index contributed by atoms with van der Waals surface area (Å²) in [5.41, 5.74) is 36.8. The second-order valence-electron chi connectivity index (χ2n) is 39.3. The van der Waals surface area contributed by atoms with Gasteiger partial charge in [0.15, 0.2) is 0 Å². The van der Waals surface area contributed by atoms with Crippen LogP contribution < -0.4 is 0 Å². The molecule has 0 atom stereocenters. The summed E-state index contributed by atoms with van der Waals surface area (Å²) in [6.07, 6.45) is 0. The van der Waals surface area contributed by atoms with Gasteiger partial charge in [-0.15, -0.1) is 11.3 Å². The van der Waals surface area contributed by atoms with Crippen LogP contribution >= 0.6 is 11.3 Å². The summed E-state index contributed by atoms with van der Waals surface area (Å²) in [7, 11) is 0. The average molecular weight is 1920 g/mol. The van der Waals surface area contributed by atoms with Gasteiger partial charge < -0.3 is 32.0 Å². The molecule has 0 amide bonds. The molecule has 0 fully saturated rings. The molecule has 0 unspecified atom stereocenters. The Bertz CT molecular complexity index is 10900. The van der Waals surface area contributed by atoms with Crippen molar-refractivity contribution in [2.24, 2.45) is 0 Å². The number of para-hydroxylation sites is 15. The van der Waals surface area contributed by atoms with E-state index in [0.717, 1.165) is 117 Å². The Morgan fingerprint density at radius 1 is 0.228 bits per heavy atom. The van der Waals surface area contributed by atoms with E-state index in [9.17, 15) is 10.5 Å². The molecule has 8 aromatic heterocycles. The van der Waals surface area contributed by atoms with Crippen molar-refractivity contribution in [2.75, 3.05) is 0 Å². The second kappa shape index (κ2) is 33.9. The van der Waals surface area contributed by atoms with Crippen molar-refractivity contribution in [3.8, 4) is 96.5 Å². The lowest BCUT2D eigenvalue weighted by molar-refractivity contribution is 0.661. The molecule has 0 radical (unpaired) electrons. The lowest BCUT2D eigenvalue weighted by Crippen LogP contribution is -2.14. The molecule has 11 heteroatoms. The molecular weight excluding hydrogens is 1830 g/mol. The molecule has 8 heterocycles. The van der Waals surface area contributed by atoms with Crippen LogP contribution in [0.15, 0.2) is 485 Å². The van der Waals surface area contributed by atoms with Gasteiger partial charge in [0.1, 0.15) is 0 Å². The Hall–Kier alpha value is -19.9. The van der Waals surface area contributed by atoms with Crippen molar-refractivity contribution < 1.29 is 0 Å². The predicted molar refractivity (Wildman–Crippen MR) is 622 cm³/mol. The van der Waals surface area contributed by atoms with Crippen molar-refractivity contribution in [3.63, 3.8) is 0 Å². The fourth-order valence-electron chi connectivity index (χ4n) is 24.9. The van der Waals surface area contributed by atoms with Crippen molar-refractivity contribution in [1.29, 1.82) is 10.5 Å². The molecule has 0 bridgehead atoms. The monoisotopic (exact) mass is 1910 g/mol. The minimum Gasteiger partial charge on any atom is -0.318 e. The normalized spacial score (nSPS) is 12.3. The molecule has 22 aromatic carbocycles. The first-order chi connectivity index (χ1) is 73.7. The van der Waals surface area contributed by atoms with E-state index < -0.39 is 0 Å². The highest BCUT2D eigenvalue weighted by Gasteiger charge is 2.38. The first-order valence-electron chi connectivity index (χ1n) is 50.5. The van der Waals surface area contributed by atoms with Gasteiger partial charge in [-0.3, -0.25) is 0 Å². The number of nitrogens with zero attached hydrogens (tertiary/aromatic N) is 10. The molecule has 10 nitrogen and oxygen atoms in total. The van der Waals surface area contributed by atoms with Crippen molar-refractivity contribution in [3.05, 3.63) is 519 Å². The summed E-state index contributed by atoms with van der Waals surface area (Å²) in [4.78, 5) is 4.12. The third-order valence-electron chi connectivity index (χ3n) is 31.2. The van der Waals surface area contributed by atoms with Gasteiger partial charge in [-0.2, -0.15) is 10.5 Å². The lowest BCUT2D eigenvalue weighted by Gasteiger charge is -2.21. The van der Waals surface area contributed by atoms with E-state index in [0.29, 0.717) is 16.8 Å². The van der Waals surface area contributed by atoms with Crippen molar-refractivity contribution in [2.45, 2.75) is 19.3 Å². The molecule has 0 N–H and O–H groups in total. The molecule has 0 saturated carbocycles. The number of fused-ring (bicyclic) bond motifs is 29. The van der Waals surface area contributed by atoms with E-state index in [2.05, 4.69) is 524 Å². The van der Waals surface area contributed by atoms with E-state index in [1.165, 1.54) is 151 Å². The lowest BCUT2D eigenvalue weighted by atomic mass is 9.82. The van der Waals surface area contributed by atoms with Gasteiger partial charge in [-0.05, 0) is 179 Å². The summed E-state index contributed by atoms with van der Waals surface area (Å²) in [6, 6.07) is 178. The summed E-state index contributed by atoms with van der Waals surface area (Å²) >= 11 is 1.84. The van der Waals surface area contributed by atoms with Gasteiger partial charge >= 0.3 is 0 Å². The first-order valence-corrected chi connectivity index (χ1v) is 51.3. The number of hydrogen-bond donors (Lipinski definition) is 0. The molecule has 0 spiro atoms. The minimum absolute atomic E-state index is 0.0847. The van der Waals surface area contributed by atoms with Crippen LogP contribution in [0, 0.1) is 29.2 Å². The Labute approximate surface area is 860 Å². The van der Waals surface area contributed by atoms with Crippen LogP contribution in [0.4, 0.5) is 5.69 Å². The maximum Gasteiger partial charge on any atom is 0.211 e. The number of hydrogen-bond acceptors (Lipinski definition) is 3. The molecule has 30 aromatic rings. The number of nitriles is 2. The van der Waals surface area contributed by atoms with Gasteiger partial charge in [0.05, 0.1) is 141 Å². The SMILES string of the molecule is N#Cc1ccc(-c2ccccc2-n2c3ccccc3c3ccccc32)c(-n2c3ccccc3c3cc4sc5ccccc5c4cc32)c1.N#Cc1ccc(-n2c3ccccc3c3c2ccc2c4ccccc4n(-c4ccccc4)c23)c(-c2ccccc2-n2c3ccccc3c3ccccc32)c1.[C-]#[N+]c1cccc(-c2ccccc2-n2c3ccccc3c3c4c(ccc32)C(C)(C)c2ccccc2-4)c1-n1c2ccccc2c2ccccc21. The highest BCUT2D eigenvalue weighted by atomic mass is 32.1. The van der Waals surface area contributed by atoms with Gasteiger partial charge in [-0.1, -0.05) is 347 Å². The van der Waals surface area contributed by atoms with Gasteiger partial charge in [-0.25, -0.2) is 4.85 Å². The van der Waals surface area contributed by atoms with E-state index in [1.807, 2.05) is 35.6 Å². The van der Waals surface area contributed by atoms with Crippen LogP contribution in [-0.4, -0.2) is 32.0 Å². The van der Waals surface area contributed by atoms with Crippen molar-refractivity contribution >= 4 is 190 Å². The van der Waals surface area contributed by atoms with Crippen LogP contribution in [0.1, 0.15) is 36.1 Å². The van der Waals surface area contributed by atoms with Crippen LogP contribution in [0.5, 0.6) is 0 Å². The average Bonchev–Trinajstić information content (AvgIpc) is 1.60. The fourth-order valence-corrected chi connectivity index (χ4v) is 26.0. The second-order valence-corrected chi connectivity index (χ2v) is 40.3. The molecule has 0 saturated heterocycles. The molecule has 694 valence electrons. The third-order valence-corrected chi connectivity index (χ3v) is 32.3. The third kappa shape index (κ3) is 12.9. The summed E-state index contributed by atoms with van der Waals surface area (Å²) in [6.45, 7) is 13.0.